The van der Waals surface area contributed by atoms with Crippen molar-refractivity contribution >= 4 is 34.4 Å². The van der Waals surface area contributed by atoms with Crippen LogP contribution in [0, 0.1) is 5.92 Å². The number of rotatable bonds is 3. The van der Waals surface area contributed by atoms with Gasteiger partial charge in [0.25, 0.3) is 5.91 Å². The molecule has 128 valence electrons. The third-order valence-corrected chi connectivity index (χ3v) is 4.86. The molecule has 24 heavy (non-hydrogen) atoms. The third-order valence-electron chi connectivity index (χ3n) is 4.63. The lowest BCUT2D eigenvalue weighted by molar-refractivity contribution is -0.149. The topological polar surface area (TPSA) is 51.5 Å². The van der Waals surface area contributed by atoms with E-state index < -0.39 is 0 Å². The second kappa shape index (κ2) is 6.85. The fourth-order valence-electron chi connectivity index (χ4n) is 3.25. The number of amides is 1. The van der Waals surface area contributed by atoms with Crippen molar-refractivity contribution in [2.45, 2.75) is 19.8 Å². The summed E-state index contributed by atoms with van der Waals surface area (Å²) in [6, 6.07) is 7.50. The van der Waals surface area contributed by atoms with E-state index in [1.807, 2.05) is 47.7 Å². The Kier molecular flexibility index (Phi) is 4.81. The summed E-state index contributed by atoms with van der Waals surface area (Å²) in [6.45, 7) is 3.36. The van der Waals surface area contributed by atoms with E-state index >= 15 is 0 Å². The lowest BCUT2D eigenvalue weighted by atomic mass is 9.97. The van der Waals surface area contributed by atoms with E-state index in [4.69, 9.17) is 16.3 Å². The summed E-state index contributed by atoms with van der Waals surface area (Å²) in [5.74, 6) is -0.253. The van der Waals surface area contributed by atoms with Crippen molar-refractivity contribution in [2.24, 2.45) is 13.0 Å². The molecule has 0 saturated carbocycles. The van der Waals surface area contributed by atoms with Crippen LogP contribution in [0.4, 0.5) is 0 Å². The number of halogens is 1. The summed E-state index contributed by atoms with van der Waals surface area (Å²) in [7, 11) is 1.87. The van der Waals surface area contributed by atoms with Gasteiger partial charge in [-0.3, -0.25) is 9.59 Å². The van der Waals surface area contributed by atoms with Gasteiger partial charge in [0.05, 0.1) is 12.5 Å². The zero-order valence-corrected chi connectivity index (χ0v) is 14.7. The van der Waals surface area contributed by atoms with E-state index in [-0.39, 0.29) is 17.8 Å². The van der Waals surface area contributed by atoms with Gasteiger partial charge in [0.15, 0.2) is 0 Å². The average molecular weight is 349 g/mol. The Balaban J connectivity index is 1.74. The molecule has 1 amide bonds. The number of hydrogen-bond donors (Lipinski definition) is 0. The molecule has 6 heteroatoms. The number of carbonyl (C=O) groups is 2. The Bertz CT molecular complexity index is 776. The number of ether oxygens (including phenoxy) is 1. The molecule has 2 aromatic rings. The van der Waals surface area contributed by atoms with Crippen LogP contribution in [0.15, 0.2) is 24.3 Å². The van der Waals surface area contributed by atoms with Crippen LogP contribution in [0.25, 0.3) is 10.9 Å². The van der Waals surface area contributed by atoms with Crippen molar-refractivity contribution in [3.63, 3.8) is 0 Å². The van der Waals surface area contributed by atoms with Gasteiger partial charge in [0, 0.05) is 36.1 Å². The smallest absolute Gasteiger partial charge is 0.309 e. The van der Waals surface area contributed by atoms with E-state index in [2.05, 4.69) is 0 Å². The van der Waals surface area contributed by atoms with E-state index in [9.17, 15) is 9.59 Å². The molecule has 0 spiro atoms. The first kappa shape index (κ1) is 16.8. The zero-order valence-electron chi connectivity index (χ0n) is 13.9. The number of aromatic nitrogens is 1. The molecular formula is C18H21ClN2O3. The highest BCUT2D eigenvalue weighted by Gasteiger charge is 2.29. The molecule has 0 N–H and O–H groups in total. The van der Waals surface area contributed by atoms with Gasteiger partial charge in [-0.25, -0.2) is 0 Å². The van der Waals surface area contributed by atoms with Crippen molar-refractivity contribution in [1.29, 1.82) is 0 Å². The molecule has 5 nitrogen and oxygen atoms in total. The average Bonchev–Trinajstić information content (AvgIpc) is 2.91. The predicted molar refractivity (Wildman–Crippen MR) is 93.2 cm³/mol. The zero-order chi connectivity index (χ0) is 17.3. The molecule has 1 aromatic carbocycles. The van der Waals surface area contributed by atoms with Gasteiger partial charge < -0.3 is 14.2 Å². The first-order valence-electron chi connectivity index (χ1n) is 8.22. The molecule has 0 bridgehead atoms. The minimum absolute atomic E-state index is 0.00729. The largest absolute Gasteiger partial charge is 0.466 e. The second-order valence-electron chi connectivity index (χ2n) is 6.11. The fourth-order valence-corrected chi connectivity index (χ4v) is 3.42. The summed E-state index contributed by atoms with van der Waals surface area (Å²) in [4.78, 5) is 26.5. The van der Waals surface area contributed by atoms with Crippen molar-refractivity contribution in [1.82, 2.24) is 9.47 Å². The minimum atomic E-state index is -0.149. The van der Waals surface area contributed by atoms with Crippen molar-refractivity contribution in [3.05, 3.63) is 35.0 Å². The molecule has 0 radical (unpaired) electrons. The van der Waals surface area contributed by atoms with Gasteiger partial charge in [-0.2, -0.15) is 0 Å². The standard InChI is InChI=1S/C18H21ClN2O3/c1-3-24-18(23)12-6-8-21(9-7-12)17(22)16-10-13-4-5-14(19)11-15(13)20(16)2/h4-5,10-12H,3,6-9H2,1-2H3. The summed E-state index contributed by atoms with van der Waals surface area (Å²) >= 11 is 6.05. The van der Waals surface area contributed by atoms with Crippen LogP contribution in [0.5, 0.6) is 0 Å². The van der Waals surface area contributed by atoms with Crippen LogP contribution in [0.1, 0.15) is 30.3 Å². The second-order valence-corrected chi connectivity index (χ2v) is 6.55. The van der Waals surface area contributed by atoms with Crippen molar-refractivity contribution in [2.75, 3.05) is 19.7 Å². The van der Waals surface area contributed by atoms with Crippen LogP contribution >= 0.6 is 11.6 Å². The fraction of sp³-hybridized carbons (Fsp3) is 0.444. The Morgan fingerprint density at radius 1 is 1.25 bits per heavy atom. The van der Waals surface area contributed by atoms with Gasteiger partial charge in [-0.05, 0) is 38.0 Å². The number of likely N-dealkylation sites (tertiary alicyclic amines) is 1. The number of fused-ring (bicyclic) bond motifs is 1. The third kappa shape index (κ3) is 3.13. The molecule has 3 rings (SSSR count). The molecule has 0 atom stereocenters. The quantitative estimate of drug-likeness (QED) is 0.800. The van der Waals surface area contributed by atoms with Gasteiger partial charge in [0.1, 0.15) is 5.69 Å². The van der Waals surface area contributed by atoms with Crippen LogP contribution in [0.2, 0.25) is 5.02 Å². The molecule has 1 aliphatic heterocycles. The molecule has 0 unspecified atom stereocenters. The number of aryl methyl sites for hydroxylation is 1. The summed E-state index contributed by atoms with van der Waals surface area (Å²) in [5.41, 5.74) is 1.58. The number of hydrogen-bond acceptors (Lipinski definition) is 3. The van der Waals surface area contributed by atoms with Gasteiger partial charge in [0.2, 0.25) is 0 Å². The Morgan fingerprint density at radius 2 is 1.96 bits per heavy atom. The summed E-state index contributed by atoms with van der Waals surface area (Å²) in [5, 5.41) is 1.64. The van der Waals surface area contributed by atoms with E-state index in [0.29, 0.717) is 43.3 Å². The van der Waals surface area contributed by atoms with Crippen LogP contribution in [-0.2, 0) is 16.6 Å². The molecule has 1 fully saturated rings. The molecular weight excluding hydrogens is 328 g/mol. The number of nitrogens with zero attached hydrogens (tertiary/aromatic N) is 2. The molecule has 0 aliphatic carbocycles. The first-order valence-corrected chi connectivity index (χ1v) is 8.60. The molecule has 1 aromatic heterocycles. The Morgan fingerprint density at radius 3 is 2.62 bits per heavy atom. The lowest BCUT2D eigenvalue weighted by Crippen LogP contribution is -2.41. The number of esters is 1. The summed E-state index contributed by atoms with van der Waals surface area (Å²) < 4.78 is 6.95. The highest BCUT2D eigenvalue weighted by molar-refractivity contribution is 6.31. The Labute approximate surface area is 146 Å². The minimum Gasteiger partial charge on any atom is -0.466 e. The van der Waals surface area contributed by atoms with Crippen LogP contribution in [-0.4, -0.2) is 41.0 Å². The first-order chi connectivity index (χ1) is 11.5. The lowest BCUT2D eigenvalue weighted by Gasteiger charge is -2.31. The maximum absolute atomic E-state index is 12.8. The monoisotopic (exact) mass is 348 g/mol. The van der Waals surface area contributed by atoms with E-state index in [0.717, 1.165) is 10.9 Å². The van der Waals surface area contributed by atoms with E-state index in [1.54, 1.807) is 0 Å². The maximum atomic E-state index is 12.8. The van der Waals surface area contributed by atoms with Gasteiger partial charge in [-0.15, -0.1) is 0 Å². The molecule has 2 heterocycles. The summed E-state index contributed by atoms with van der Waals surface area (Å²) in [6.07, 6.45) is 1.31. The number of carbonyl (C=O) groups excluding carboxylic acids is 2. The highest BCUT2D eigenvalue weighted by atomic mass is 35.5. The SMILES string of the molecule is CCOC(=O)C1CCN(C(=O)c2cc3ccc(Cl)cc3n2C)CC1. The van der Waals surface area contributed by atoms with Crippen LogP contribution in [0.3, 0.4) is 0 Å². The van der Waals surface area contributed by atoms with Gasteiger partial charge in [-0.1, -0.05) is 17.7 Å². The maximum Gasteiger partial charge on any atom is 0.309 e. The predicted octanol–water partition coefficient (Wildman–Crippen LogP) is 3.25. The van der Waals surface area contributed by atoms with Crippen molar-refractivity contribution in [3.8, 4) is 0 Å². The Hall–Kier alpha value is -2.01. The molecule has 1 saturated heterocycles. The van der Waals surface area contributed by atoms with Gasteiger partial charge >= 0.3 is 5.97 Å². The van der Waals surface area contributed by atoms with Crippen molar-refractivity contribution < 1.29 is 14.3 Å². The van der Waals surface area contributed by atoms with Crippen LogP contribution < -0.4 is 0 Å². The molecule has 1 aliphatic rings. The number of piperidine rings is 1. The normalized spacial score (nSPS) is 15.7. The van der Waals surface area contributed by atoms with E-state index in [1.165, 1.54) is 0 Å². The number of benzene rings is 1. The highest BCUT2D eigenvalue weighted by Crippen LogP contribution is 2.25.